The van der Waals surface area contributed by atoms with Crippen molar-refractivity contribution in [2.24, 2.45) is 0 Å². The zero-order chi connectivity index (χ0) is 11.5. The molecule has 0 saturated heterocycles. The van der Waals surface area contributed by atoms with Crippen molar-refractivity contribution >= 4 is 10.1 Å². The van der Waals surface area contributed by atoms with Crippen molar-refractivity contribution in [2.75, 3.05) is 12.9 Å². The summed E-state index contributed by atoms with van der Waals surface area (Å²) in [5.74, 6) is 0. The van der Waals surface area contributed by atoms with Crippen LogP contribution in [0.4, 0.5) is 0 Å². The van der Waals surface area contributed by atoms with Crippen molar-refractivity contribution in [3.63, 3.8) is 0 Å². The van der Waals surface area contributed by atoms with Gasteiger partial charge in [0.1, 0.15) is 6.10 Å². The number of rotatable bonds is 4. The highest BCUT2D eigenvalue weighted by molar-refractivity contribution is 7.85. The molecule has 0 aliphatic carbocycles. The minimum atomic E-state index is -3.50. The molecule has 1 atom stereocenters. The molecule has 0 amide bonds. The molecular weight excluding hydrogens is 216 g/mol. The Bertz CT molecular complexity index is 425. The predicted molar refractivity (Wildman–Crippen MR) is 56.9 cm³/mol. The van der Waals surface area contributed by atoms with Crippen molar-refractivity contribution in [1.29, 1.82) is 0 Å². The molecule has 0 aliphatic rings. The second kappa shape index (κ2) is 4.74. The van der Waals surface area contributed by atoms with Crippen molar-refractivity contribution in [3.05, 3.63) is 35.4 Å². The summed E-state index contributed by atoms with van der Waals surface area (Å²) in [6, 6.07) is 7.21. The molecule has 1 N–H and O–H groups in total. The highest BCUT2D eigenvalue weighted by Crippen LogP contribution is 2.15. The Morgan fingerprint density at radius 3 is 2.67 bits per heavy atom. The van der Waals surface area contributed by atoms with Gasteiger partial charge in [0.2, 0.25) is 0 Å². The molecule has 0 bridgehead atoms. The van der Waals surface area contributed by atoms with Crippen LogP contribution >= 0.6 is 0 Å². The van der Waals surface area contributed by atoms with E-state index in [1.165, 1.54) is 0 Å². The van der Waals surface area contributed by atoms with Gasteiger partial charge in [0.15, 0.2) is 0 Å². The largest absolute Gasteiger partial charge is 0.386 e. The van der Waals surface area contributed by atoms with Crippen molar-refractivity contribution in [3.8, 4) is 0 Å². The molecule has 1 aromatic carbocycles. The maximum Gasteiger partial charge on any atom is 0.264 e. The molecule has 15 heavy (non-hydrogen) atoms. The van der Waals surface area contributed by atoms with Crippen LogP contribution in [0.5, 0.6) is 0 Å². The summed E-state index contributed by atoms with van der Waals surface area (Å²) >= 11 is 0. The Morgan fingerprint density at radius 2 is 2.13 bits per heavy atom. The van der Waals surface area contributed by atoms with E-state index >= 15 is 0 Å². The quantitative estimate of drug-likeness (QED) is 0.784. The van der Waals surface area contributed by atoms with Gasteiger partial charge in [-0.25, -0.2) is 0 Å². The van der Waals surface area contributed by atoms with Crippen LogP contribution in [-0.4, -0.2) is 26.4 Å². The van der Waals surface area contributed by atoms with Gasteiger partial charge in [-0.3, -0.25) is 4.18 Å². The first kappa shape index (κ1) is 12.2. The minimum absolute atomic E-state index is 0.248. The Balaban J connectivity index is 2.65. The average Bonchev–Trinajstić information content (AvgIpc) is 2.13. The van der Waals surface area contributed by atoms with Gasteiger partial charge in [0, 0.05) is 0 Å². The smallest absolute Gasteiger partial charge is 0.264 e. The lowest BCUT2D eigenvalue weighted by Gasteiger charge is -2.10. The van der Waals surface area contributed by atoms with E-state index in [4.69, 9.17) is 0 Å². The molecular formula is C10H14O4S. The highest BCUT2D eigenvalue weighted by Gasteiger charge is 2.11. The number of aryl methyl sites for hydroxylation is 1. The first-order valence-corrected chi connectivity index (χ1v) is 6.29. The Kier molecular flexibility index (Phi) is 3.84. The number of aliphatic hydroxyl groups excluding tert-OH is 1. The average molecular weight is 230 g/mol. The second-order valence-electron chi connectivity index (χ2n) is 3.42. The third-order valence-electron chi connectivity index (χ3n) is 1.87. The summed E-state index contributed by atoms with van der Waals surface area (Å²) < 4.78 is 25.9. The van der Waals surface area contributed by atoms with E-state index in [0.29, 0.717) is 5.56 Å². The van der Waals surface area contributed by atoms with Crippen molar-refractivity contribution in [2.45, 2.75) is 13.0 Å². The van der Waals surface area contributed by atoms with E-state index in [9.17, 15) is 13.5 Å². The molecule has 0 spiro atoms. The predicted octanol–water partition coefficient (Wildman–Crippen LogP) is 1.00. The zero-order valence-corrected chi connectivity index (χ0v) is 9.49. The summed E-state index contributed by atoms with van der Waals surface area (Å²) in [7, 11) is -3.50. The summed E-state index contributed by atoms with van der Waals surface area (Å²) in [4.78, 5) is 0. The van der Waals surface area contributed by atoms with E-state index in [2.05, 4.69) is 4.18 Å². The number of hydrogen-bond donors (Lipinski definition) is 1. The fraction of sp³-hybridized carbons (Fsp3) is 0.400. The Hall–Kier alpha value is -0.910. The first-order valence-electron chi connectivity index (χ1n) is 4.47. The van der Waals surface area contributed by atoms with E-state index in [-0.39, 0.29) is 6.61 Å². The van der Waals surface area contributed by atoms with Crippen molar-refractivity contribution in [1.82, 2.24) is 0 Å². The lowest BCUT2D eigenvalue weighted by atomic mass is 10.1. The Morgan fingerprint density at radius 1 is 1.47 bits per heavy atom. The molecule has 1 rings (SSSR count). The molecule has 0 aliphatic heterocycles. The van der Waals surface area contributed by atoms with Gasteiger partial charge in [0.25, 0.3) is 10.1 Å². The van der Waals surface area contributed by atoms with E-state index in [0.717, 1.165) is 11.8 Å². The molecule has 0 aromatic heterocycles. The molecule has 0 saturated carbocycles. The monoisotopic (exact) mass is 230 g/mol. The first-order chi connectivity index (χ1) is 6.88. The maximum atomic E-state index is 10.7. The van der Waals surface area contributed by atoms with Crippen molar-refractivity contribution < 1.29 is 17.7 Å². The van der Waals surface area contributed by atoms with Crippen LogP contribution in [0.15, 0.2) is 24.3 Å². The molecule has 0 heterocycles. The van der Waals surface area contributed by atoms with Crippen LogP contribution in [0, 0.1) is 6.92 Å². The standard InChI is InChI=1S/C10H14O4S/c1-8-4-3-5-9(6-8)10(11)7-14-15(2,12)13/h3-6,10-11H,7H2,1-2H3. The van der Waals surface area contributed by atoms with Gasteiger partial charge in [-0.1, -0.05) is 29.8 Å². The van der Waals surface area contributed by atoms with Crippen LogP contribution in [0.25, 0.3) is 0 Å². The SMILES string of the molecule is Cc1cccc(C(O)COS(C)(=O)=O)c1. The Labute approximate surface area is 89.6 Å². The van der Waals surface area contributed by atoms with Gasteiger partial charge in [0.05, 0.1) is 12.9 Å². The summed E-state index contributed by atoms with van der Waals surface area (Å²) in [5.41, 5.74) is 1.66. The molecule has 4 nitrogen and oxygen atoms in total. The van der Waals surface area contributed by atoms with Crippen LogP contribution in [0.1, 0.15) is 17.2 Å². The lowest BCUT2D eigenvalue weighted by molar-refractivity contribution is 0.112. The lowest BCUT2D eigenvalue weighted by Crippen LogP contribution is -2.11. The molecule has 0 radical (unpaired) electrons. The summed E-state index contributed by atoms with van der Waals surface area (Å²) in [6.07, 6.45) is 0.0373. The third kappa shape index (κ3) is 4.42. The number of benzene rings is 1. The van der Waals surface area contributed by atoms with E-state index in [1.807, 2.05) is 13.0 Å². The maximum absolute atomic E-state index is 10.7. The molecule has 0 fully saturated rings. The topological polar surface area (TPSA) is 63.6 Å². The fourth-order valence-corrected chi connectivity index (χ4v) is 1.54. The number of hydrogen-bond acceptors (Lipinski definition) is 4. The zero-order valence-electron chi connectivity index (χ0n) is 8.67. The fourth-order valence-electron chi connectivity index (χ4n) is 1.16. The second-order valence-corrected chi connectivity index (χ2v) is 5.06. The number of aliphatic hydroxyl groups is 1. The molecule has 5 heteroatoms. The molecule has 1 aromatic rings. The summed E-state index contributed by atoms with van der Waals surface area (Å²) in [6.45, 7) is 1.65. The van der Waals surface area contributed by atoms with Gasteiger partial charge in [-0.15, -0.1) is 0 Å². The highest BCUT2D eigenvalue weighted by atomic mass is 32.2. The molecule has 84 valence electrons. The normalized spacial score (nSPS) is 13.8. The minimum Gasteiger partial charge on any atom is -0.386 e. The van der Waals surface area contributed by atoms with Crippen LogP contribution < -0.4 is 0 Å². The van der Waals surface area contributed by atoms with E-state index < -0.39 is 16.2 Å². The van der Waals surface area contributed by atoms with Crippen LogP contribution in [0.2, 0.25) is 0 Å². The van der Waals surface area contributed by atoms with Crippen LogP contribution in [-0.2, 0) is 14.3 Å². The van der Waals surface area contributed by atoms with Gasteiger partial charge >= 0.3 is 0 Å². The third-order valence-corrected chi connectivity index (χ3v) is 2.43. The van der Waals surface area contributed by atoms with Gasteiger partial charge < -0.3 is 5.11 Å². The summed E-state index contributed by atoms with van der Waals surface area (Å²) in [5, 5.41) is 9.62. The van der Waals surface area contributed by atoms with Crippen LogP contribution in [0.3, 0.4) is 0 Å². The van der Waals surface area contributed by atoms with E-state index in [1.54, 1.807) is 18.2 Å². The molecule has 1 unspecified atom stereocenters. The van der Waals surface area contributed by atoms with Gasteiger partial charge in [-0.2, -0.15) is 8.42 Å². The van der Waals surface area contributed by atoms with Gasteiger partial charge in [-0.05, 0) is 12.5 Å².